The molecule has 1 rings (SSSR count). The molecule has 0 spiro atoms. The molecule has 1 aromatic rings. The highest BCUT2D eigenvalue weighted by molar-refractivity contribution is 7.99. The van der Waals surface area contributed by atoms with Crippen LogP contribution in [0.4, 0.5) is 0 Å². The van der Waals surface area contributed by atoms with Gasteiger partial charge in [-0.2, -0.15) is 0 Å². The van der Waals surface area contributed by atoms with Crippen molar-refractivity contribution in [1.29, 1.82) is 0 Å². The highest BCUT2D eigenvalue weighted by Gasteiger charge is 2.12. The van der Waals surface area contributed by atoms with Crippen molar-refractivity contribution >= 4 is 23.4 Å². The second-order valence-electron chi connectivity index (χ2n) is 4.17. The van der Waals surface area contributed by atoms with Gasteiger partial charge in [-0.3, -0.25) is 0 Å². The van der Waals surface area contributed by atoms with Gasteiger partial charge >= 0.3 is 0 Å². The predicted molar refractivity (Wildman–Crippen MR) is 74.2 cm³/mol. The minimum Gasteiger partial charge on any atom is -0.327 e. The zero-order valence-electron chi connectivity index (χ0n) is 9.95. The molecule has 0 radical (unpaired) electrons. The molecule has 3 heteroatoms. The number of thioether (sulfide) groups is 1. The van der Waals surface area contributed by atoms with Crippen molar-refractivity contribution in [2.45, 2.75) is 37.6 Å². The van der Waals surface area contributed by atoms with Crippen LogP contribution < -0.4 is 5.73 Å². The van der Waals surface area contributed by atoms with E-state index in [4.69, 9.17) is 17.3 Å². The van der Waals surface area contributed by atoms with Gasteiger partial charge in [0.15, 0.2) is 0 Å². The Morgan fingerprint density at radius 2 is 2.06 bits per heavy atom. The van der Waals surface area contributed by atoms with E-state index in [1.54, 1.807) is 11.8 Å². The molecule has 0 saturated heterocycles. The molecule has 2 atom stereocenters. The van der Waals surface area contributed by atoms with E-state index in [0.717, 1.165) is 15.7 Å². The molecule has 0 aliphatic heterocycles. The molecule has 16 heavy (non-hydrogen) atoms. The number of benzene rings is 1. The van der Waals surface area contributed by atoms with Crippen LogP contribution in [0.1, 0.15) is 26.7 Å². The van der Waals surface area contributed by atoms with Gasteiger partial charge in [0.2, 0.25) is 0 Å². The van der Waals surface area contributed by atoms with E-state index in [-0.39, 0.29) is 6.04 Å². The van der Waals surface area contributed by atoms with E-state index in [1.807, 2.05) is 24.3 Å². The Bertz CT molecular complexity index is 317. The molecule has 2 N–H and O–H groups in total. The standard InChI is InChI=1S/C13H20ClNS/c1-3-6-10(2)12(15)9-16-13-8-5-4-7-11(13)14/h4-5,7-8,10,12H,3,6,9,15H2,1-2H3. The van der Waals surface area contributed by atoms with Gasteiger partial charge in [0, 0.05) is 16.7 Å². The topological polar surface area (TPSA) is 26.0 Å². The van der Waals surface area contributed by atoms with Crippen molar-refractivity contribution in [3.8, 4) is 0 Å². The third kappa shape index (κ3) is 4.36. The molecule has 0 bridgehead atoms. The lowest BCUT2D eigenvalue weighted by atomic mass is 9.99. The molecular weight excluding hydrogens is 238 g/mol. The maximum atomic E-state index is 6.14. The molecular formula is C13H20ClNS. The second-order valence-corrected chi connectivity index (χ2v) is 5.64. The van der Waals surface area contributed by atoms with Gasteiger partial charge in [0.25, 0.3) is 0 Å². The average Bonchev–Trinajstić information content (AvgIpc) is 2.28. The summed E-state index contributed by atoms with van der Waals surface area (Å²) < 4.78 is 0. The van der Waals surface area contributed by atoms with E-state index in [0.29, 0.717) is 5.92 Å². The summed E-state index contributed by atoms with van der Waals surface area (Å²) in [6.45, 7) is 4.42. The average molecular weight is 258 g/mol. The monoisotopic (exact) mass is 257 g/mol. The van der Waals surface area contributed by atoms with Crippen molar-refractivity contribution in [3.63, 3.8) is 0 Å². The van der Waals surface area contributed by atoms with Gasteiger partial charge in [-0.15, -0.1) is 11.8 Å². The maximum Gasteiger partial charge on any atom is 0.0541 e. The summed E-state index contributed by atoms with van der Waals surface area (Å²) in [5, 5.41) is 0.822. The fourth-order valence-corrected chi connectivity index (χ4v) is 2.96. The van der Waals surface area contributed by atoms with Crippen LogP contribution in [0.5, 0.6) is 0 Å². The Kier molecular flexibility index (Phi) is 6.25. The maximum absolute atomic E-state index is 6.14. The van der Waals surface area contributed by atoms with Gasteiger partial charge in [0.05, 0.1) is 5.02 Å². The number of rotatable bonds is 6. The van der Waals surface area contributed by atoms with Crippen LogP contribution in [-0.4, -0.2) is 11.8 Å². The fraction of sp³-hybridized carbons (Fsp3) is 0.538. The van der Waals surface area contributed by atoms with Crippen molar-refractivity contribution in [1.82, 2.24) is 0 Å². The van der Waals surface area contributed by atoms with E-state index in [9.17, 15) is 0 Å². The SMILES string of the molecule is CCCC(C)C(N)CSc1ccccc1Cl. The van der Waals surface area contributed by atoms with Gasteiger partial charge in [0.1, 0.15) is 0 Å². The van der Waals surface area contributed by atoms with Crippen LogP contribution in [0, 0.1) is 5.92 Å². The van der Waals surface area contributed by atoms with Crippen molar-refractivity contribution in [2.75, 3.05) is 5.75 Å². The van der Waals surface area contributed by atoms with Crippen molar-refractivity contribution in [3.05, 3.63) is 29.3 Å². The molecule has 0 heterocycles. The Balaban J connectivity index is 2.42. The quantitative estimate of drug-likeness (QED) is 0.773. The lowest BCUT2D eigenvalue weighted by molar-refractivity contribution is 0.450. The molecule has 2 unspecified atom stereocenters. The van der Waals surface area contributed by atoms with Crippen molar-refractivity contribution < 1.29 is 0 Å². The first-order chi connectivity index (χ1) is 7.65. The van der Waals surface area contributed by atoms with Crippen LogP contribution in [-0.2, 0) is 0 Å². The fourth-order valence-electron chi connectivity index (χ4n) is 1.58. The lowest BCUT2D eigenvalue weighted by Crippen LogP contribution is -2.30. The molecule has 0 fully saturated rings. The minimum atomic E-state index is 0.251. The van der Waals surface area contributed by atoms with Gasteiger partial charge in [-0.05, 0) is 24.5 Å². The third-order valence-corrected chi connectivity index (χ3v) is 4.40. The van der Waals surface area contributed by atoms with Crippen molar-refractivity contribution in [2.24, 2.45) is 11.7 Å². The Morgan fingerprint density at radius 3 is 2.69 bits per heavy atom. The summed E-state index contributed by atoms with van der Waals surface area (Å²) in [5.74, 6) is 1.52. The van der Waals surface area contributed by atoms with Crippen LogP contribution in [0.3, 0.4) is 0 Å². The number of hydrogen-bond donors (Lipinski definition) is 1. The predicted octanol–water partition coefficient (Wildman–Crippen LogP) is 4.20. The minimum absolute atomic E-state index is 0.251. The largest absolute Gasteiger partial charge is 0.327 e. The summed E-state index contributed by atoms with van der Waals surface area (Å²) in [5.41, 5.74) is 6.14. The molecule has 1 aromatic carbocycles. The first-order valence-corrected chi connectivity index (χ1v) is 7.14. The van der Waals surface area contributed by atoms with Gasteiger partial charge < -0.3 is 5.73 Å². The van der Waals surface area contributed by atoms with Crippen LogP contribution in [0.15, 0.2) is 29.2 Å². The normalized spacial score (nSPS) is 14.8. The lowest BCUT2D eigenvalue weighted by Gasteiger charge is -2.18. The highest BCUT2D eigenvalue weighted by Crippen LogP contribution is 2.28. The Labute approximate surface area is 108 Å². The molecule has 0 aliphatic carbocycles. The first kappa shape index (κ1) is 13.9. The first-order valence-electron chi connectivity index (χ1n) is 5.78. The number of halogens is 1. The van der Waals surface area contributed by atoms with Gasteiger partial charge in [-0.25, -0.2) is 0 Å². The van der Waals surface area contributed by atoms with E-state index in [2.05, 4.69) is 13.8 Å². The number of nitrogens with two attached hydrogens (primary N) is 1. The summed E-state index contributed by atoms with van der Waals surface area (Å²) in [4.78, 5) is 1.13. The molecule has 90 valence electrons. The zero-order chi connectivity index (χ0) is 12.0. The van der Waals surface area contributed by atoms with E-state index >= 15 is 0 Å². The van der Waals surface area contributed by atoms with E-state index in [1.165, 1.54) is 12.8 Å². The summed E-state index contributed by atoms with van der Waals surface area (Å²) in [6.07, 6.45) is 2.40. The van der Waals surface area contributed by atoms with Crippen LogP contribution in [0.2, 0.25) is 5.02 Å². The Hall–Kier alpha value is -0.180. The molecule has 0 amide bonds. The van der Waals surface area contributed by atoms with Crippen LogP contribution >= 0.6 is 23.4 Å². The van der Waals surface area contributed by atoms with E-state index < -0.39 is 0 Å². The summed E-state index contributed by atoms with van der Waals surface area (Å²) >= 11 is 7.84. The summed E-state index contributed by atoms with van der Waals surface area (Å²) in [7, 11) is 0. The Morgan fingerprint density at radius 1 is 1.38 bits per heavy atom. The molecule has 0 aromatic heterocycles. The second kappa shape index (κ2) is 7.21. The molecule has 1 nitrogen and oxygen atoms in total. The summed E-state index contributed by atoms with van der Waals surface area (Å²) in [6, 6.07) is 8.18. The highest BCUT2D eigenvalue weighted by atomic mass is 35.5. The third-order valence-electron chi connectivity index (χ3n) is 2.74. The number of hydrogen-bond acceptors (Lipinski definition) is 2. The van der Waals surface area contributed by atoms with Gasteiger partial charge in [-0.1, -0.05) is 44.0 Å². The molecule has 0 aliphatic rings. The zero-order valence-corrected chi connectivity index (χ0v) is 11.5. The smallest absolute Gasteiger partial charge is 0.0541 e. The molecule has 0 saturated carbocycles. The van der Waals surface area contributed by atoms with Crippen LogP contribution in [0.25, 0.3) is 0 Å².